The van der Waals surface area contributed by atoms with E-state index >= 15 is 0 Å². The van der Waals surface area contributed by atoms with Crippen LogP contribution in [0.1, 0.15) is 54.1 Å². The molecule has 2 aromatic heterocycles. The van der Waals surface area contributed by atoms with Gasteiger partial charge in [0.05, 0.1) is 25.5 Å². The van der Waals surface area contributed by atoms with Crippen LogP contribution in [0.3, 0.4) is 0 Å². The first kappa shape index (κ1) is 22.9. The number of amides is 1. The first-order chi connectivity index (χ1) is 15.6. The molecule has 0 bridgehead atoms. The fraction of sp³-hybridized carbons (Fsp3) is 0.308. The Hall–Kier alpha value is -3.32. The summed E-state index contributed by atoms with van der Waals surface area (Å²) in [4.78, 5) is 28.6. The summed E-state index contributed by atoms with van der Waals surface area (Å²) in [6.45, 7) is 8.21. The van der Waals surface area contributed by atoms with Gasteiger partial charge in [0.1, 0.15) is 23.3 Å². The van der Waals surface area contributed by atoms with Crippen molar-refractivity contribution in [2.45, 2.75) is 45.7 Å². The minimum absolute atomic E-state index is 0.0853. The number of carbonyl (C=O) groups excluding carboxylic acids is 2. The van der Waals surface area contributed by atoms with Crippen molar-refractivity contribution < 1.29 is 23.8 Å². The van der Waals surface area contributed by atoms with E-state index in [1.165, 1.54) is 22.5 Å². The zero-order valence-electron chi connectivity index (χ0n) is 19.3. The van der Waals surface area contributed by atoms with Crippen LogP contribution >= 0.6 is 11.3 Å². The van der Waals surface area contributed by atoms with Gasteiger partial charge in [-0.25, -0.2) is 0 Å². The monoisotopic (exact) mass is 465 g/mol. The zero-order chi connectivity index (χ0) is 23.9. The number of aliphatic hydroxyl groups is 1. The Morgan fingerprint density at radius 1 is 1.21 bits per heavy atom. The molecular formula is C26H27NO5S. The van der Waals surface area contributed by atoms with E-state index < -0.39 is 17.7 Å². The van der Waals surface area contributed by atoms with Crippen molar-refractivity contribution in [3.05, 3.63) is 80.9 Å². The van der Waals surface area contributed by atoms with Gasteiger partial charge in [0.15, 0.2) is 0 Å². The van der Waals surface area contributed by atoms with E-state index in [9.17, 15) is 14.7 Å². The Bertz CT molecular complexity index is 1230. The molecule has 3 heterocycles. The third-order valence-electron chi connectivity index (χ3n) is 5.88. The van der Waals surface area contributed by atoms with Crippen molar-refractivity contribution in [1.29, 1.82) is 0 Å². The average molecular weight is 466 g/mol. The summed E-state index contributed by atoms with van der Waals surface area (Å²) < 4.78 is 10.9. The van der Waals surface area contributed by atoms with Crippen LogP contribution in [-0.2, 0) is 21.5 Å². The SMILES string of the molecule is COc1ccc(/C(O)=C2/C(=O)C(=O)N(Cc3ccco3)C2c2sccc2C)cc1C(C)(C)C. The van der Waals surface area contributed by atoms with Gasteiger partial charge in [0.2, 0.25) is 0 Å². The molecule has 1 aromatic carbocycles. The lowest BCUT2D eigenvalue weighted by atomic mass is 9.84. The summed E-state index contributed by atoms with van der Waals surface area (Å²) >= 11 is 1.46. The molecule has 33 heavy (non-hydrogen) atoms. The number of Topliss-reactive ketones (excluding diaryl/α,β-unsaturated/α-hetero) is 1. The molecule has 3 aromatic rings. The summed E-state index contributed by atoms with van der Waals surface area (Å²) in [6, 6.07) is 10.1. The fourth-order valence-corrected chi connectivity index (χ4v) is 5.19. The van der Waals surface area contributed by atoms with Crippen molar-refractivity contribution in [3.63, 3.8) is 0 Å². The molecule has 1 aliphatic heterocycles. The smallest absolute Gasteiger partial charge is 0.296 e. The van der Waals surface area contributed by atoms with E-state index in [0.717, 1.165) is 16.0 Å². The Kier molecular flexibility index (Phi) is 5.93. The van der Waals surface area contributed by atoms with Gasteiger partial charge in [-0.05, 0) is 59.7 Å². The highest BCUT2D eigenvalue weighted by atomic mass is 32.1. The minimum Gasteiger partial charge on any atom is -0.507 e. The number of thiophene rings is 1. The average Bonchev–Trinajstić information content (AvgIpc) is 3.49. The van der Waals surface area contributed by atoms with E-state index in [1.54, 1.807) is 31.4 Å². The Labute approximate surface area is 197 Å². The molecular weight excluding hydrogens is 438 g/mol. The van der Waals surface area contributed by atoms with Crippen LogP contribution in [-0.4, -0.2) is 28.8 Å². The molecule has 1 amide bonds. The number of methoxy groups -OCH3 is 1. The Balaban J connectivity index is 1.89. The highest BCUT2D eigenvalue weighted by Crippen LogP contribution is 2.44. The lowest BCUT2D eigenvalue weighted by molar-refractivity contribution is -0.140. The van der Waals surface area contributed by atoms with Gasteiger partial charge in [0.25, 0.3) is 11.7 Å². The van der Waals surface area contributed by atoms with Crippen molar-refractivity contribution in [1.82, 2.24) is 4.90 Å². The van der Waals surface area contributed by atoms with Crippen molar-refractivity contribution in [2.75, 3.05) is 7.11 Å². The summed E-state index contributed by atoms with van der Waals surface area (Å²) in [5, 5.41) is 13.3. The number of aryl methyl sites for hydroxylation is 1. The zero-order valence-corrected chi connectivity index (χ0v) is 20.2. The van der Waals surface area contributed by atoms with Crippen molar-refractivity contribution >= 4 is 28.8 Å². The summed E-state index contributed by atoms with van der Waals surface area (Å²) in [6.07, 6.45) is 1.53. The molecule has 1 saturated heterocycles. The number of aliphatic hydroxyl groups excluding tert-OH is 1. The third kappa shape index (κ3) is 4.09. The number of ether oxygens (including phenoxy) is 1. The minimum atomic E-state index is -0.704. The molecule has 1 atom stereocenters. The van der Waals surface area contributed by atoms with Gasteiger partial charge in [-0.15, -0.1) is 11.3 Å². The fourth-order valence-electron chi connectivity index (χ4n) is 4.15. The number of hydrogen-bond donors (Lipinski definition) is 1. The second kappa shape index (κ2) is 8.56. The van der Waals surface area contributed by atoms with Gasteiger partial charge in [0, 0.05) is 16.0 Å². The molecule has 6 nitrogen and oxygen atoms in total. The standard InChI is InChI=1S/C26H27NO5S/c1-15-10-12-33-24(15)21-20(23(29)25(30)27(21)14-17-7-6-11-32-17)22(28)16-8-9-19(31-5)18(13-16)26(2,3)4/h6-13,21,28H,14H2,1-5H3/b22-20-. The topological polar surface area (TPSA) is 80.0 Å². The van der Waals surface area contributed by atoms with Crippen LogP contribution in [0.5, 0.6) is 5.75 Å². The van der Waals surface area contributed by atoms with Gasteiger partial charge >= 0.3 is 0 Å². The Morgan fingerprint density at radius 3 is 2.55 bits per heavy atom. The van der Waals surface area contributed by atoms with Crippen LogP contribution in [0.2, 0.25) is 0 Å². The molecule has 1 fully saturated rings. The third-order valence-corrected chi connectivity index (χ3v) is 6.95. The second-order valence-corrected chi connectivity index (χ2v) is 10.1. The molecule has 0 saturated carbocycles. The van der Waals surface area contributed by atoms with Crippen LogP contribution < -0.4 is 4.74 Å². The lowest BCUT2D eigenvalue weighted by Crippen LogP contribution is -2.28. The lowest BCUT2D eigenvalue weighted by Gasteiger charge is -2.25. The first-order valence-electron chi connectivity index (χ1n) is 10.7. The van der Waals surface area contributed by atoms with Gasteiger partial charge in [-0.1, -0.05) is 20.8 Å². The largest absolute Gasteiger partial charge is 0.507 e. The summed E-state index contributed by atoms with van der Waals surface area (Å²) in [7, 11) is 1.60. The van der Waals surface area contributed by atoms with Crippen LogP contribution in [0.4, 0.5) is 0 Å². The summed E-state index contributed by atoms with van der Waals surface area (Å²) in [5.74, 6) is -0.292. The Morgan fingerprint density at radius 2 is 1.97 bits per heavy atom. The maximum absolute atomic E-state index is 13.2. The molecule has 0 aliphatic carbocycles. The van der Waals surface area contributed by atoms with Gasteiger partial charge in [-0.3, -0.25) is 9.59 Å². The maximum atomic E-state index is 13.2. The number of furan rings is 1. The predicted molar refractivity (Wildman–Crippen MR) is 127 cm³/mol. The van der Waals surface area contributed by atoms with Crippen LogP contribution in [0.15, 0.2) is 58.0 Å². The van der Waals surface area contributed by atoms with E-state index in [0.29, 0.717) is 17.1 Å². The molecule has 4 rings (SSSR count). The molecule has 7 heteroatoms. The molecule has 1 unspecified atom stereocenters. The van der Waals surface area contributed by atoms with Gasteiger partial charge in [-0.2, -0.15) is 0 Å². The van der Waals surface area contributed by atoms with Gasteiger partial charge < -0.3 is 19.2 Å². The van der Waals surface area contributed by atoms with E-state index in [2.05, 4.69) is 0 Å². The number of nitrogens with zero attached hydrogens (tertiary/aromatic N) is 1. The summed E-state index contributed by atoms with van der Waals surface area (Å²) in [5.41, 5.74) is 2.14. The van der Waals surface area contributed by atoms with Crippen LogP contribution in [0, 0.1) is 6.92 Å². The van der Waals surface area contributed by atoms with E-state index in [4.69, 9.17) is 9.15 Å². The first-order valence-corrected chi connectivity index (χ1v) is 11.5. The highest BCUT2D eigenvalue weighted by molar-refractivity contribution is 7.10. The predicted octanol–water partition coefficient (Wildman–Crippen LogP) is 5.58. The number of hydrogen-bond acceptors (Lipinski definition) is 6. The maximum Gasteiger partial charge on any atom is 0.296 e. The highest BCUT2D eigenvalue weighted by Gasteiger charge is 2.47. The number of benzene rings is 1. The molecule has 0 spiro atoms. The number of likely N-dealkylation sites (tertiary alicyclic amines) is 1. The molecule has 1 N–H and O–H groups in total. The number of rotatable bonds is 5. The molecule has 0 radical (unpaired) electrons. The second-order valence-electron chi connectivity index (χ2n) is 9.14. The van der Waals surface area contributed by atoms with E-state index in [1.807, 2.05) is 45.2 Å². The van der Waals surface area contributed by atoms with Crippen molar-refractivity contribution in [3.8, 4) is 5.75 Å². The van der Waals surface area contributed by atoms with Crippen molar-refractivity contribution in [2.24, 2.45) is 0 Å². The normalized spacial score (nSPS) is 18.2. The number of ketones is 1. The quantitative estimate of drug-likeness (QED) is 0.302. The van der Waals surface area contributed by atoms with Crippen LogP contribution in [0.25, 0.3) is 5.76 Å². The molecule has 1 aliphatic rings. The number of carbonyl (C=O) groups is 2. The van der Waals surface area contributed by atoms with E-state index in [-0.39, 0.29) is 23.3 Å². The molecule has 172 valence electrons.